The van der Waals surface area contributed by atoms with Crippen molar-refractivity contribution in [2.24, 2.45) is 0 Å². The molecule has 0 nitrogen and oxygen atoms in total. The predicted octanol–water partition coefficient (Wildman–Crippen LogP) is 3.76. The summed E-state index contributed by atoms with van der Waals surface area (Å²) in [6.07, 6.45) is 1.74. The minimum absolute atomic E-state index is 0.623. The van der Waals surface area contributed by atoms with E-state index in [0.29, 0.717) is 10.0 Å². The molecule has 0 aliphatic carbocycles. The van der Waals surface area contributed by atoms with Crippen LogP contribution in [0.5, 0.6) is 0 Å². The van der Waals surface area contributed by atoms with Gasteiger partial charge in [-0.2, -0.15) is 0 Å². The lowest BCUT2D eigenvalue weighted by Crippen LogP contribution is -1.84. The molecule has 0 saturated carbocycles. The molecule has 1 aromatic carbocycles. The van der Waals surface area contributed by atoms with Crippen LogP contribution >= 0.6 is 23.2 Å². The van der Waals surface area contributed by atoms with Crippen LogP contribution in [0.15, 0.2) is 18.2 Å². The van der Waals surface area contributed by atoms with Crippen LogP contribution in [-0.2, 0) is 6.42 Å². The van der Waals surface area contributed by atoms with Gasteiger partial charge in [0.2, 0.25) is 0 Å². The first-order valence-corrected chi connectivity index (χ1v) is 4.23. The summed E-state index contributed by atoms with van der Waals surface area (Å²) in [5.41, 5.74) is 1.08. The van der Waals surface area contributed by atoms with Gasteiger partial charge in [0.05, 0.1) is 10.0 Å². The largest absolute Gasteiger partial charge is 0.0827 e. The molecule has 0 aliphatic rings. The molecule has 11 heavy (non-hydrogen) atoms. The number of aryl methyl sites for hydroxylation is 1. The Morgan fingerprint density at radius 1 is 1.27 bits per heavy atom. The molecule has 0 N–H and O–H groups in total. The van der Waals surface area contributed by atoms with Crippen molar-refractivity contribution >= 4 is 23.2 Å². The van der Waals surface area contributed by atoms with Crippen LogP contribution in [-0.4, -0.2) is 0 Å². The minimum atomic E-state index is 0.623. The molecule has 0 saturated heterocycles. The van der Waals surface area contributed by atoms with Gasteiger partial charge in [-0.05, 0) is 24.5 Å². The van der Waals surface area contributed by atoms with Gasteiger partial charge in [0, 0.05) is 0 Å². The van der Waals surface area contributed by atoms with Crippen molar-refractivity contribution in [1.82, 2.24) is 0 Å². The average molecular weight is 188 g/mol. The molecule has 0 fully saturated rings. The fraction of sp³-hybridized carbons (Fsp3) is 0.222. The van der Waals surface area contributed by atoms with Crippen molar-refractivity contribution in [2.45, 2.75) is 12.8 Å². The maximum Gasteiger partial charge on any atom is 0.0624 e. The lowest BCUT2D eigenvalue weighted by Gasteiger charge is -2.02. The zero-order valence-corrected chi connectivity index (χ0v) is 7.62. The lowest BCUT2D eigenvalue weighted by atomic mass is 10.1. The van der Waals surface area contributed by atoms with E-state index in [1.54, 1.807) is 6.07 Å². The van der Waals surface area contributed by atoms with E-state index in [-0.39, 0.29) is 0 Å². The van der Waals surface area contributed by atoms with E-state index in [9.17, 15) is 0 Å². The molecule has 0 aromatic heterocycles. The fourth-order valence-electron chi connectivity index (χ4n) is 0.932. The molecule has 0 spiro atoms. The Morgan fingerprint density at radius 3 is 2.64 bits per heavy atom. The molecule has 0 heterocycles. The number of rotatable bonds is 2. The highest BCUT2D eigenvalue weighted by Crippen LogP contribution is 2.26. The summed E-state index contributed by atoms with van der Waals surface area (Å²) in [5, 5.41) is 1.29. The second kappa shape index (κ2) is 3.99. The molecule has 1 rings (SSSR count). The van der Waals surface area contributed by atoms with E-state index in [1.807, 2.05) is 12.1 Å². The van der Waals surface area contributed by atoms with E-state index >= 15 is 0 Å². The van der Waals surface area contributed by atoms with E-state index in [1.165, 1.54) is 0 Å². The van der Waals surface area contributed by atoms with Crippen LogP contribution in [0.1, 0.15) is 12.0 Å². The SMILES string of the molecule is [CH2]CCc1cccc(Cl)c1Cl. The highest BCUT2D eigenvalue weighted by molar-refractivity contribution is 6.42. The highest BCUT2D eigenvalue weighted by atomic mass is 35.5. The summed E-state index contributed by atoms with van der Waals surface area (Å²) >= 11 is 11.7. The first kappa shape index (κ1) is 8.89. The standard InChI is InChI=1S/C9H9Cl2/c1-2-4-7-5-3-6-8(10)9(7)11/h3,5-6H,1-2,4H2. The quantitative estimate of drug-likeness (QED) is 0.662. The molecule has 1 radical (unpaired) electrons. The van der Waals surface area contributed by atoms with Crippen LogP contribution in [0.4, 0.5) is 0 Å². The smallest absolute Gasteiger partial charge is 0.0624 e. The van der Waals surface area contributed by atoms with Gasteiger partial charge >= 0.3 is 0 Å². The molecule has 2 heteroatoms. The van der Waals surface area contributed by atoms with Crippen LogP contribution in [0.2, 0.25) is 10.0 Å². The Balaban J connectivity index is 2.96. The Morgan fingerprint density at radius 2 is 2.00 bits per heavy atom. The molecule has 0 amide bonds. The van der Waals surface area contributed by atoms with Crippen LogP contribution in [0, 0.1) is 6.92 Å². The normalized spacial score (nSPS) is 10.1. The monoisotopic (exact) mass is 187 g/mol. The molecule has 0 atom stereocenters. The summed E-state index contributed by atoms with van der Waals surface area (Å²) in [5.74, 6) is 0. The average Bonchev–Trinajstić information content (AvgIpc) is 1.99. The van der Waals surface area contributed by atoms with Crippen molar-refractivity contribution in [1.29, 1.82) is 0 Å². The van der Waals surface area contributed by atoms with Gasteiger partial charge in [-0.3, -0.25) is 0 Å². The first-order valence-electron chi connectivity index (χ1n) is 3.48. The summed E-state index contributed by atoms with van der Waals surface area (Å²) < 4.78 is 0. The molecule has 1 aromatic rings. The summed E-state index contributed by atoms with van der Waals surface area (Å²) in [6.45, 7) is 3.75. The van der Waals surface area contributed by atoms with Crippen molar-refractivity contribution < 1.29 is 0 Å². The highest BCUT2D eigenvalue weighted by Gasteiger charge is 2.01. The second-order valence-electron chi connectivity index (χ2n) is 2.32. The van der Waals surface area contributed by atoms with Crippen molar-refractivity contribution in [3.05, 3.63) is 40.7 Å². The molecular formula is C9H9Cl2. The summed E-state index contributed by atoms with van der Waals surface area (Å²) in [7, 11) is 0. The van der Waals surface area contributed by atoms with E-state index in [4.69, 9.17) is 23.2 Å². The van der Waals surface area contributed by atoms with Gasteiger partial charge in [0.1, 0.15) is 0 Å². The van der Waals surface area contributed by atoms with Crippen molar-refractivity contribution in [3.63, 3.8) is 0 Å². The van der Waals surface area contributed by atoms with Gasteiger partial charge in [0.15, 0.2) is 0 Å². The maximum atomic E-state index is 5.91. The number of hydrogen-bond acceptors (Lipinski definition) is 0. The fourth-order valence-corrected chi connectivity index (χ4v) is 1.35. The van der Waals surface area contributed by atoms with Gasteiger partial charge < -0.3 is 0 Å². The Hall–Kier alpha value is -0.200. The van der Waals surface area contributed by atoms with E-state index in [0.717, 1.165) is 18.4 Å². The second-order valence-corrected chi connectivity index (χ2v) is 3.10. The van der Waals surface area contributed by atoms with Gasteiger partial charge in [0.25, 0.3) is 0 Å². The first-order chi connectivity index (χ1) is 5.25. The van der Waals surface area contributed by atoms with Gasteiger partial charge in [-0.1, -0.05) is 42.3 Å². The van der Waals surface area contributed by atoms with E-state index < -0.39 is 0 Å². The Kier molecular flexibility index (Phi) is 3.22. The zero-order chi connectivity index (χ0) is 8.27. The number of benzene rings is 1. The summed E-state index contributed by atoms with van der Waals surface area (Å²) in [6, 6.07) is 5.66. The van der Waals surface area contributed by atoms with Crippen molar-refractivity contribution in [3.8, 4) is 0 Å². The molecule has 0 bridgehead atoms. The number of halogens is 2. The van der Waals surface area contributed by atoms with Gasteiger partial charge in [-0.15, -0.1) is 0 Å². The zero-order valence-electron chi connectivity index (χ0n) is 6.11. The van der Waals surface area contributed by atoms with Crippen LogP contribution < -0.4 is 0 Å². The topological polar surface area (TPSA) is 0 Å². The number of hydrogen-bond donors (Lipinski definition) is 0. The Bertz CT molecular complexity index is 243. The maximum absolute atomic E-state index is 5.91. The molecular weight excluding hydrogens is 179 g/mol. The third-order valence-electron chi connectivity index (χ3n) is 1.48. The van der Waals surface area contributed by atoms with Crippen LogP contribution in [0.3, 0.4) is 0 Å². The summed E-state index contributed by atoms with van der Waals surface area (Å²) in [4.78, 5) is 0. The third-order valence-corrected chi connectivity index (χ3v) is 2.34. The Labute approximate surface area is 77.1 Å². The van der Waals surface area contributed by atoms with E-state index in [2.05, 4.69) is 6.92 Å². The van der Waals surface area contributed by atoms with Gasteiger partial charge in [-0.25, -0.2) is 0 Å². The molecule has 0 unspecified atom stereocenters. The minimum Gasteiger partial charge on any atom is -0.0827 e. The van der Waals surface area contributed by atoms with Crippen LogP contribution in [0.25, 0.3) is 0 Å². The predicted molar refractivity (Wildman–Crippen MR) is 50.1 cm³/mol. The molecule has 59 valence electrons. The van der Waals surface area contributed by atoms with Crippen molar-refractivity contribution in [2.75, 3.05) is 0 Å². The lowest BCUT2D eigenvalue weighted by molar-refractivity contribution is 1.000. The molecule has 0 aliphatic heterocycles. The third kappa shape index (κ3) is 2.11.